The first-order chi connectivity index (χ1) is 21.4. The molecule has 2 heterocycles. The van der Waals surface area contributed by atoms with Crippen LogP contribution in [0, 0.1) is 11.2 Å². The molecule has 0 aliphatic heterocycles. The van der Waals surface area contributed by atoms with Crippen LogP contribution >= 0.6 is 11.3 Å². The van der Waals surface area contributed by atoms with E-state index in [9.17, 15) is 9.59 Å². The fourth-order valence-electron chi connectivity index (χ4n) is 5.55. The molecule has 0 amide bonds. The molecule has 44 heavy (non-hydrogen) atoms. The number of carbonyl (C=O) groups excluding carboxylic acids is 2. The molecule has 1 aliphatic rings. The van der Waals surface area contributed by atoms with Gasteiger partial charge in [0.1, 0.15) is 5.75 Å². The molecule has 0 radical (unpaired) electrons. The smallest absolute Gasteiger partial charge is 0.166 e. The molecule has 1 fully saturated rings. The molecule has 1 saturated carbocycles. The lowest BCUT2D eigenvalue weighted by molar-refractivity contribution is -0.133. The van der Waals surface area contributed by atoms with Crippen LogP contribution in [0.1, 0.15) is 42.9 Å². The number of Topliss-reactive ketones (excluding diaryl/α,β-unsaturated/α-hetero) is 2. The van der Waals surface area contributed by atoms with Crippen LogP contribution in [0.15, 0.2) is 91.1 Å². The topological polar surface area (TPSA) is 68.3 Å². The third-order valence-corrected chi connectivity index (χ3v) is 9.40. The maximum atomic E-state index is 15.3. The molecular weight excluding hydrogens is 571 g/mol. The highest BCUT2D eigenvalue weighted by Crippen LogP contribution is 2.49. The lowest BCUT2D eigenvalue weighted by atomic mass is 9.88. The van der Waals surface area contributed by atoms with E-state index in [4.69, 9.17) is 4.74 Å². The van der Waals surface area contributed by atoms with Crippen molar-refractivity contribution in [2.24, 2.45) is 5.41 Å². The minimum absolute atomic E-state index is 0.0131. The van der Waals surface area contributed by atoms with Gasteiger partial charge in [0.05, 0.1) is 15.6 Å². The summed E-state index contributed by atoms with van der Waals surface area (Å²) in [5.41, 5.74) is 3.66. The summed E-state index contributed by atoms with van der Waals surface area (Å²) in [7, 11) is 0. The number of aromatic nitrogens is 1. The lowest BCUT2D eigenvalue weighted by Crippen LogP contribution is -2.28. The van der Waals surface area contributed by atoms with Crippen molar-refractivity contribution < 1.29 is 18.7 Å². The van der Waals surface area contributed by atoms with E-state index in [1.54, 1.807) is 35.7 Å². The lowest BCUT2D eigenvalue weighted by Gasteiger charge is -2.14. The highest BCUT2D eigenvalue weighted by atomic mass is 32.1. The van der Waals surface area contributed by atoms with E-state index in [-0.39, 0.29) is 30.2 Å². The zero-order chi connectivity index (χ0) is 30.5. The molecule has 3 aromatic carbocycles. The van der Waals surface area contributed by atoms with Crippen LogP contribution in [-0.2, 0) is 28.9 Å². The second-order valence-electron chi connectivity index (χ2n) is 11.5. The Morgan fingerprint density at radius 1 is 0.864 bits per heavy atom. The van der Waals surface area contributed by atoms with Gasteiger partial charge >= 0.3 is 0 Å². The van der Waals surface area contributed by atoms with Gasteiger partial charge in [0.25, 0.3) is 0 Å². The van der Waals surface area contributed by atoms with Crippen LogP contribution in [0.2, 0.25) is 0 Å². The Kier molecular flexibility index (Phi) is 8.96. The summed E-state index contributed by atoms with van der Waals surface area (Å²) in [4.78, 5) is 31.8. The number of ketones is 2. The number of fused-ring (bicyclic) bond motifs is 1. The maximum Gasteiger partial charge on any atom is 0.166 e. The maximum absolute atomic E-state index is 15.3. The molecule has 7 heteroatoms. The summed E-state index contributed by atoms with van der Waals surface area (Å²) >= 11 is 1.56. The van der Waals surface area contributed by atoms with Crippen molar-refractivity contribution in [1.82, 2.24) is 10.3 Å². The van der Waals surface area contributed by atoms with Gasteiger partial charge in [-0.05, 0) is 79.2 Å². The van der Waals surface area contributed by atoms with E-state index in [0.717, 1.165) is 52.2 Å². The molecule has 5 aromatic rings. The number of pyridine rings is 1. The number of thiophene rings is 1. The third kappa shape index (κ3) is 6.64. The van der Waals surface area contributed by atoms with Crippen LogP contribution in [0.4, 0.5) is 4.39 Å². The summed E-state index contributed by atoms with van der Waals surface area (Å²) in [6, 6.07) is 26.4. The van der Waals surface area contributed by atoms with E-state index in [0.29, 0.717) is 24.2 Å². The van der Waals surface area contributed by atoms with Crippen LogP contribution in [0.25, 0.3) is 20.7 Å². The molecule has 0 spiro atoms. The van der Waals surface area contributed by atoms with Crippen molar-refractivity contribution in [3.63, 3.8) is 0 Å². The number of benzene rings is 3. The molecular formula is C37H35FN2O3S. The van der Waals surface area contributed by atoms with E-state index in [2.05, 4.69) is 41.5 Å². The van der Waals surface area contributed by atoms with Crippen molar-refractivity contribution in [3.05, 3.63) is 114 Å². The Labute approximate surface area is 261 Å². The van der Waals surface area contributed by atoms with E-state index in [1.807, 2.05) is 36.4 Å². The molecule has 224 valence electrons. The molecule has 6 rings (SSSR count). The first kappa shape index (κ1) is 29.9. The fourth-order valence-corrected chi connectivity index (χ4v) is 6.61. The standard InChI is InChI=1S/C37H35FN2O3S/c1-2-17-39-18-13-26-9-6-10-28(20-26)33-24-30-36(44-33)32(14-19-40-30)43-31-12-11-27(21-29(31)38)23-35(42)37(15-16-37)34(41)22-25-7-4-3-5-8-25/h3-12,14,19-21,24,39H,2,13,15-18,22-23H2,1H3. The van der Waals surface area contributed by atoms with Gasteiger partial charge in [0.2, 0.25) is 0 Å². The van der Waals surface area contributed by atoms with Gasteiger partial charge in [-0.2, -0.15) is 0 Å². The minimum Gasteiger partial charge on any atom is -0.453 e. The second-order valence-corrected chi connectivity index (χ2v) is 12.5. The monoisotopic (exact) mass is 606 g/mol. The Bertz CT molecular complexity index is 1800. The third-order valence-electron chi connectivity index (χ3n) is 8.21. The SMILES string of the molecule is CCCNCCc1cccc(-c2cc3nccc(Oc4ccc(CC(=O)C5(C(=O)Cc6ccccc6)CC5)cc4F)c3s2)c1. The van der Waals surface area contributed by atoms with Crippen LogP contribution in [-0.4, -0.2) is 29.6 Å². The zero-order valence-electron chi connectivity index (χ0n) is 24.8. The highest BCUT2D eigenvalue weighted by Gasteiger charge is 2.54. The van der Waals surface area contributed by atoms with Crippen molar-refractivity contribution in [2.45, 2.75) is 45.4 Å². The van der Waals surface area contributed by atoms with Gasteiger partial charge in [0.15, 0.2) is 23.1 Å². The molecule has 2 aromatic heterocycles. The van der Waals surface area contributed by atoms with Crippen molar-refractivity contribution in [3.8, 4) is 21.9 Å². The van der Waals surface area contributed by atoms with Crippen LogP contribution in [0.5, 0.6) is 11.5 Å². The van der Waals surface area contributed by atoms with Gasteiger partial charge in [-0.1, -0.05) is 67.6 Å². The number of nitrogens with one attached hydrogen (secondary N) is 1. The Morgan fingerprint density at radius 2 is 1.64 bits per heavy atom. The fraction of sp³-hybridized carbons (Fsp3) is 0.270. The zero-order valence-corrected chi connectivity index (χ0v) is 25.6. The first-order valence-electron chi connectivity index (χ1n) is 15.2. The van der Waals surface area contributed by atoms with Gasteiger partial charge < -0.3 is 10.1 Å². The average Bonchev–Trinajstić information content (AvgIpc) is 3.74. The number of hydrogen-bond acceptors (Lipinski definition) is 6. The van der Waals surface area contributed by atoms with Gasteiger partial charge in [-0.3, -0.25) is 14.6 Å². The van der Waals surface area contributed by atoms with E-state index < -0.39 is 11.2 Å². The van der Waals surface area contributed by atoms with E-state index >= 15 is 4.39 Å². The normalized spacial score (nSPS) is 13.6. The van der Waals surface area contributed by atoms with Gasteiger partial charge in [-0.25, -0.2) is 4.39 Å². The second kappa shape index (κ2) is 13.2. The summed E-state index contributed by atoms with van der Waals surface area (Å²) in [6.45, 7) is 4.12. The summed E-state index contributed by atoms with van der Waals surface area (Å²) in [6.07, 6.45) is 5.10. The number of nitrogens with zero attached hydrogens (tertiary/aromatic N) is 1. The highest BCUT2D eigenvalue weighted by molar-refractivity contribution is 7.22. The number of ether oxygens (including phenoxy) is 1. The van der Waals surface area contributed by atoms with Crippen LogP contribution < -0.4 is 10.1 Å². The summed E-state index contributed by atoms with van der Waals surface area (Å²) in [5, 5.41) is 3.45. The van der Waals surface area contributed by atoms with Crippen LogP contribution in [0.3, 0.4) is 0 Å². The molecule has 1 aliphatic carbocycles. The molecule has 5 nitrogen and oxygen atoms in total. The predicted octanol–water partition coefficient (Wildman–Crippen LogP) is 8.14. The summed E-state index contributed by atoms with van der Waals surface area (Å²) in [5.74, 6) is -0.151. The van der Waals surface area contributed by atoms with Gasteiger partial charge in [-0.15, -0.1) is 11.3 Å². The molecule has 0 saturated heterocycles. The number of halogens is 1. The number of hydrogen-bond donors (Lipinski definition) is 1. The van der Waals surface area contributed by atoms with Gasteiger partial charge in [0, 0.05) is 30.0 Å². The Morgan fingerprint density at radius 3 is 2.39 bits per heavy atom. The van der Waals surface area contributed by atoms with Crippen molar-refractivity contribution >= 4 is 33.1 Å². The Hall–Kier alpha value is -4.20. The van der Waals surface area contributed by atoms with E-state index in [1.165, 1.54) is 11.6 Å². The number of rotatable bonds is 14. The number of carbonyl (C=O) groups is 2. The van der Waals surface area contributed by atoms with Crippen molar-refractivity contribution in [2.75, 3.05) is 13.1 Å². The average molecular weight is 607 g/mol. The minimum atomic E-state index is -0.938. The predicted molar refractivity (Wildman–Crippen MR) is 174 cm³/mol. The summed E-state index contributed by atoms with van der Waals surface area (Å²) < 4.78 is 22.2. The van der Waals surface area contributed by atoms with Crippen molar-refractivity contribution in [1.29, 1.82) is 0 Å². The molecule has 0 atom stereocenters. The first-order valence-corrected chi connectivity index (χ1v) is 16.0. The quantitative estimate of drug-likeness (QED) is 0.102. The largest absolute Gasteiger partial charge is 0.453 e. The Balaban J connectivity index is 1.14. The molecule has 0 unspecified atom stereocenters. The molecule has 1 N–H and O–H groups in total. The molecule has 0 bridgehead atoms.